The van der Waals surface area contributed by atoms with Gasteiger partial charge in [-0.05, 0) is 60.7 Å². The van der Waals surface area contributed by atoms with E-state index in [1.807, 2.05) is 24.3 Å². The van der Waals surface area contributed by atoms with Gasteiger partial charge in [-0.2, -0.15) is 0 Å². The Morgan fingerprint density at radius 2 is 1.65 bits per heavy atom. The maximum absolute atomic E-state index is 12.4. The highest BCUT2D eigenvalue weighted by Crippen LogP contribution is 2.24. The Hall–Kier alpha value is -2.34. The topological polar surface area (TPSA) is 66.5 Å². The molecule has 1 aliphatic rings. The van der Waals surface area contributed by atoms with Gasteiger partial charge >= 0.3 is 0 Å². The van der Waals surface area contributed by atoms with Crippen molar-refractivity contribution >= 4 is 27.3 Å². The Kier molecular flexibility index (Phi) is 5.32. The Morgan fingerprint density at radius 1 is 1.00 bits per heavy atom. The number of benzene rings is 2. The zero-order chi connectivity index (χ0) is 18.7. The van der Waals surface area contributed by atoms with Crippen LogP contribution in [0.25, 0.3) is 0 Å². The van der Waals surface area contributed by atoms with Gasteiger partial charge in [-0.3, -0.25) is 9.10 Å². The van der Waals surface area contributed by atoms with Crippen molar-refractivity contribution in [2.45, 2.75) is 32.6 Å². The van der Waals surface area contributed by atoms with E-state index < -0.39 is 10.0 Å². The molecule has 1 fully saturated rings. The third kappa shape index (κ3) is 4.07. The zero-order valence-electron chi connectivity index (χ0n) is 15.1. The molecule has 0 atom stereocenters. The molecule has 6 heteroatoms. The van der Waals surface area contributed by atoms with E-state index in [-0.39, 0.29) is 11.7 Å². The Bertz CT molecular complexity index is 872. The molecule has 0 radical (unpaired) electrons. The van der Waals surface area contributed by atoms with Crippen molar-refractivity contribution in [2.75, 3.05) is 21.9 Å². The monoisotopic (exact) mass is 372 g/mol. The minimum atomic E-state index is -3.24. The summed E-state index contributed by atoms with van der Waals surface area (Å²) in [5.41, 5.74) is 3.07. The number of carbonyl (C=O) groups excluding carboxylic acids is 1. The largest absolute Gasteiger partial charge is 0.322 e. The lowest BCUT2D eigenvalue weighted by Crippen LogP contribution is -2.37. The Balaban J connectivity index is 1.70. The average molecular weight is 372 g/mol. The molecule has 1 aliphatic heterocycles. The predicted octanol–water partition coefficient (Wildman–Crippen LogP) is 3.99. The second-order valence-electron chi connectivity index (χ2n) is 6.87. The first-order valence-corrected chi connectivity index (χ1v) is 10.5. The van der Waals surface area contributed by atoms with Gasteiger partial charge in [0.2, 0.25) is 10.0 Å². The summed E-state index contributed by atoms with van der Waals surface area (Å²) < 4.78 is 25.8. The number of nitrogens with one attached hydrogen (secondary N) is 1. The summed E-state index contributed by atoms with van der Waals surface area (Å²) in [5, 5.41) is 2.87. The molecule has 0 aliphatic carbocycles. The summed E-state index contributed by atoms with van der Waals surface area (Å²) in [5.74, 6) is 0.412. The van der Waals surface area contributed by atoms with Crippen LogP contribution in [0, 0.1) is 0 Å². The number of anilines is 2. The molecule has 0 spiro atoms. The molecule has 0 unspecified atom stereocenters. The molecule has 1 N–H and O–H groups in total. The van der Waals surface area contributed by atoms with E-state index in [0.717, 1.165) is 12.1 Å². The van der Waals surface area contributed by atoms with Crippen LogP contribution in [0.3, 0.4) is 0 Å². The predicted molar refractivity (Wildman–Crippen MR) is 105 cm³/mol. The molecule has 1 amide bonds. The summed E-state index contributed by atoms with van der Waals surface area (Å²) in [6.07, 6.45) is 1.56. The lowest BCUT2D eigenvalue weighted by atomic mass is 10.0. The highest BCUT2D eigenvalue weighted by molar-refractivity contribution is 7.92. The van der Waals surface area contributed by atoms with Crippen LogP contribution in [0.5, 0.6) is 0 Å². The van der Waals surface area contributed by atoms with E-state index in [1.54, 1.807) is 24.3 Å². The third-order valence-corrected chi connectivity index (χ3v) is 6.47. The van der Waals surface area contributed by atoms with Crippen LogP contribution in [0.2, 0.25) is 0 Å². The van der Waals surface area contributed by atoms with Gasteiger partial charge in [-0.1, -0.05) is 26.0 Å². The highest BCUT2D eigenvalue weighted by Gasteiger charge is 2.25. The van der Waals surface area contributed by atoms with Gasteiger partial charge in [0, 0.05) is 17.8 Å². The molecule has 1 saturated heterocycles. The number of hydrogen-bond donors (Lipinski definition) is 1. The third-order valence-electron chi connectivity index (χ3n) is 4.60. The minimum Gasteiger partial charge on any atom is -0.322 e. The summed E-state index contributed by atoms with van der Waals surface area (Å²) >= 11 is 0. The molecular formula is C20H24N2O3S. The summed E-state index contributed by atoms with van der Waals surface area (Å²) in [4.78, 5) is 12.4. The van der Waals surface area contributed by atoms with E-state index in [2.05, 4.69) is 19.2 Å². The first-order chi connectivity index (χ1) is 12.4. The number of rotatable bonds is 4. The molecule has 0 saturated carbocycles. The minimum absolute atomic E-state index is 0.182. The summed E-state index contributed by atoms with van der Waals surface area (Å²) in [7, 11) is -3.24. The van der Waals surface area contributed by atoms with Crippen molar-refractivity contribution < 1.29 is 13.2 Å². The van der Waals surface area contributed by atoms with Crippen molar-refractivity contribution in [1.29, 1.82) is 0 Å². The molecule has 2 aromatic rings. The quantitative estimate of drug-likeness (QED) is 0.882. The highest BCUT2D eigenvalue weighted by atomic mass is 32.2. The van der Waals surface area contributed by atoms with Gasteiger partial charge in [-0.25, -0.2) is 8.42 Å². The molecule has 2 aromatic carbocycles. The average Bonchev–Trinajstić information content (AvgIpc) is 2.62. The van der Waals surface area contributed by atoms with Gasteiger partial charge in [0.25, 0.3) is 5.91 Å². The van der Waals surface area contributed by atoms with Gasteiger partial charge in [0.1, 0.15) is 0 Å². The molecular weight excluding hydrogens is 348 g/mol. The van der Waals surface area contributed by atoms with Gasteiger partial charge in [0.15, 0.2) is 0 Å². The fraction of sp³-hybridized carbons (Fsp3) is 0.350. The van der Waals surface area contributed by atoms with Crippen LogP contribution in [0.1, 0.15) is 48.5 Å². The van der Waals surface area contributed by atoms with Crippen LogP contribution >= 0.6 is 0 Å². The fourth-order valence-corrected chi connectivity index (χ4v) is 4.65. The lowest BCUT2D eigenvalue weighted by molar-refractivity contribution is 0.102. The molecule has 0 bridgehead atoms. The van der Waals surface area contributed by atoms with Crippen LogP contribution in [0.4, 0.5) is 11.4 Å². The molecule has 138 valence electrons. The smallest absolute Gasteiger partial charge is 0.255 e. The van der Waals surface area contributed by atoms with Crippen molar-refractivity contribution in [3.8, 4) is 0 Å². The van der Waals surface area contributed by atoms with Crippen molar-refractivity contribution in [2.24, 2.45) is 0 Å². The van der Waals surface area contributed by atoms with Crippen LogP contribution in [-0.4, -0.2) is 26.6 Å². The van der Waals surface area contributed by atoms with Crippen molar-refractivity contribution in [3.05, 3.63) is 59.7 Å². The summed E-state index contributed by atoms with van der Waals surface area (Å²) in [6.45, 7) is 4.74. The van der Waals surface area contributed by atoms with Crippen molar-refractivity contribution in [1.82, 2.24) is 0 Å². The van der Waals surface area contributed by atoms with E-state index in [0.29, 0.717) is 30.1 Å². The first kappa shape index (κ1) is 18.5. The maximum Gasteiger partial charge on any atom is 0.255 e. The Morgan fingerprint density at radius 3 is 2.23 bits per heavy atom. The number of carbonyl (C=O) groups is 1. The second kappa shape index (κ2) is 7.50. The van der Waals surface area contributed by atoms with Crippen LogP contribution < -0.4 is 9.62 Å². The van der Waals surface area contributed by atoms with E-state index in [1.165, 1.54) is 9.87 Å². The first-order valence-electron chi connectivity index (χ1n) is 8.88. The van der Waals surface area contributed by atoms with Gasteiger partial charge in [0.05, 0.1) is 11.4 Å². The van der Waals surface area contributed by atoms with Gasteiger partial charge in [-0.15, -0.1) is 0 Å². The molecule has 5 nitrogen and oxygen atoms in total. The number of sulfonamides is 1. The number of hydrogen-bond acceptors (Lipinski definition) is 3. The lowest BCUT2D eigenvalue weighted by Gasteiger charge is -2.28. The normalized spacial score (nSPS) is 16.5. The number of nitrogens with zero attached hydrogens (tertiary/aromatic N) is 1. The SMILES string of the molecule is CC(C)c1ccc(NC(=O)c2ccc(N3CCCCS3(=O)=O)cc2)cc1. The van der Waals surface area contributed by atoms with Crippen molar-refractivity contribution in [3.63, 3.8) is 0 Å². The van der Waals surface area contributed by atoms with Gasteiger partial charge < -0.3 is 5.32 Å². The summed E-state index contributed by atoms with van der Waals surface area (Å²) in [6, 6.07) is 14.5. The number of amides is 1. The zero-order valence-corrected chi connectivity index (χ0v) is 15.9. The maximum atomic E-state index is 12.4. The van der Waals surface area contributed by atoms with E-state index >= 15 is 0 Å². The second-order valence-corrected chi connectivity index (χ2v) is 8.89. The molecule has 26 heavy (non-hydrogen) atoms. The molecule has 3 rings (SSSR count). The van der Waals surface area contributed by atoms with Crippen LogP contribution in [-0.2, 0) is 10.0 Å². The standard InChI is InChI=1S/C20H24N2O3S/c1-15(2)16-5-9-18(10-6-16)21-20(23)17-7-11-19(12-8-17)22-13-3-4-14-26(22,24)25/h5-12,15H,3-4,13-14H2,1-2H3,(H,21,23). The van der Waals surface area contributed by atoms with E-state index in [9.17, 15) is 13.2 Å². The molecule has 0 aromatic heterocycles. The van der Waals surface area contributed by atoms with Crippen LogP contribution in [0.15, 0.2) is 48.5 Å². The fourth-order valence-electron chi connectivity index (χ4n) is 3.01. The molecule has 1 heterocycles. The van der Waals surface area contributed by atoms with E-state index in [4.69, 9.17) is 0 Å². The Labute approximate surface area is 155 Å².